The Balaban J connectivity index is 2.00. The van der Waals surface area contributed by atoms with Crippen molar-refractivity contribution in [3.05, 3.63) is 95.1 Å². The van der Waals surface area contributed by atoms with Gasteiger partial charge in [0, 0.05) is 10.8 Å². The number of rotatable bonds is 39. The van der Waals surface area contributed by atoms with Gasteiger partial charge in [-0.25, -0.2) is 0 Å². The Hall–Kier alpha value is -3.14. The fourth-order valence-corrected chi connectivity index (χ4v) is 10.3. The molecule has 2 rings (SSSR count). The Labute approximate surface area is 382 Å². The van der Waals surface area contributed by atoms with Crippen LogP contribution in [-0.2, 0) is 33.3 Å². The highest BCUT2D eigenvalue weighted by Crippen LogP contribution is 2.58. The summed E-state index contributed by atoms with van der Waals surface area (Å²) in [6, 6.07) is 16.5. The Morgan fingerprint density at radius 3 is 1.03 bits per heavy atom. The minimum Gasteiger partial charge on any atom is -0.481 e. The van der Waals surface area contributed by atoms with Crippen LogP contribution in [-0.4, -0.2) is 22.2 Å². The lowest BCUT2D eigenvalue weighted by Gasteiger charge is -2.54. The van der Waals surface area contributed by atoms with Crippen LogP contribution in [0.3, 0.4) is 0 Å². The maximum Gasteiger partial charge on any atom is 0.312 e. The lowest BCUT2D eigenvalue weighted by atomic mass is 9.47. The predicted octanol–water partition coefficient (Wildman–Crippen LogP) is 17.6. The molecular formula is C58H94O4. The van der Waals surface area contributed by atoms with Gasteiger partial charge >= 0.3 is 11.9 Å². The summed E-state index contributed by atoms with van der Waals surface area (Å²) in [5.41, 5.74) is 0.580. The van der Waals surface area contributed by atoms with E-state index in [1.807, 2.05) is 52.0 Å². The molecule has 0 saturated heterocycles. The van der Waals surface area contributed by atoms with Crippen molar-refractivity contribution in [3.8, 4) is 0 Å². The number of carboxylic acid groups (broad SMARTS) is 2. The molecule has 0 unspecified atom stereocenters. The lowest BCUT2D eigenvalue weighted by Crippen LogP contribution is -2.60. The minimum atomic E-state index is -1.62. The number of aryl methyl sites for hydroxylation is 2. The van der Waals surface area contributed by atoms with Crippen molar-refractivity contribution >= 4 is 11.9 Å². The summed E-state index contributed by atoms with van der Waals surface area (Å²) >= 11 is 0. The van der Waals surface area contributed by atoms with Crippen molar-refractivity contribution in [1.29, 1.82) is 0 Å². The highest BCUT2D eigenvalue weighted by atomic mass is 16.4. The van der Waals surface area contributed by atoms with E-state index in [9.17, 15) is 19.8 Å². The first-order valence-electron chi connectivity index (χ1n) is 25.9. The molecule has 0 bridgehead atoms. The third-order valence-corrected chi connectivity index (χ3v) is 14.2. The smallest absolute Gasteiger partial charge is 0.312 e. The van der Waals surface area contributed by atoms with Crippen molar-refractivity contribution in [3.63, 3.8) is 0 Å². The van der Waals surface area contributed by atoms with Gasteiger partial charge in [0.05, 0.1) is 11.8 Å². The molecular weight excluding hydrogens is 761 g/mol. The second-order valence-corrected chi connectivity index (χ2v) is 19.7. The first kappa shape index (κ1) is 55.0. The quantitative estimate of drug-likeness (QED) is 0.0519. The molecule has 0 aliphatic carbocycles. The van der Waals surface area contributed by atoms with Crippen molar-refractivity contribution in [2.24, 2.45) is 5.41 Å². The van der Waals surface area contributed by atoms with E-state index in [4.69, 9.17) is 0 Å². The molecule has 2 N–H and O–H groups in total. The number of aliphatic carboxylic acids is 2. The number of carboxylic acids is 2. The molecule has 4 heteroatoms. The molecule has 0 radical (unpaired) electrons. The standard InChI is InChI=1S/C58H94O4/c1-7-9-11-13-15-17-19-21-23-25-27-29-31-33-35-37-43-50-45-39-41-47-52(50)56(3,4)58(55(61)62,49-54(59)60)57(5,6)53-48-42-40-46-51(53)44-38-36-34-32-30-28-26-24-22-20-18-16-14-12-10-8-2/h21-24,39-42,45-48H,7-20,25-38,43-44,49H2,1-6H3,(H,59,60)(H,61,62)/b23-21-,24-22-. The maximum absolute atomic E-state index is 14.0. The molecule has 0 saturated carbocycles. The first-order chi connectivity index (χ1) is 30.0. The van der Waals surface area contributed by atoms with E-state index in [0.717, 1.165) is 60.8 Å². The van der Waals surface area contributed by atoms with Crippen LogP contribution in [0.5, 0.6) is 0 Å². The highest BCUT2D eigenvalue weighted by molar-refractivity contribution is 5.86. The lowest BCUT2D eigenvalue weighted by molar-refractivity contribution is -0.167. The largest absolute Gasteiger partial charge is 0.481 e. The molecule has 0 heterocycles. The van der Waals surface area contributed by atoms with Gasteiger partial charge < -0.3 is 10.2 Å². The monoisotopic (exact) mass is 855 g/mol. The van der Waals surface area contributed by atoms with Crippen LogP contribution >= 0.6 is 0 Å². The molecule has 0 amide bonds. The second-order valence-electron chi connectivity index (χ2n) is 19.7. The third-order valence-electron chi connectivity index (χ3n) is 14.2. The molecule has 350 valence electrons. The SMILES string of the molecule is CCCCCCCC/C=C\CCCCCCCCc1ccccc1C(C)(C)C(CC(=O)O)(C(=O)O)C(C)(C)c1ccccc1CCCCCCCC/C=C\CCCCCCCC. The molecule has 2 aromatic carbocycles. The van der Waals surface area contributed by atoms with E-state index < -0.39 is 34.6 Å². The van der Waals surface area contributed by atoms with Crippen molar-refractivity contribution in [2.75, 3.05) is 0 Å². The van der Waals surface area contributed by atoms with Crippen LogP contribution in [0, 0.1) is 5.41 Å². The first-order valence-corrected chi connectivity index (χ1v) is 25.9. The summed E-state index contributed by atoms with van der Waals surface area (Å²) in [5, 5.41) is 21.9. The summed E-state index contributed by atoms with van der Waals surface area (Å²) in [4.78, 5) is 26.8. The van der Waals surface area contributed by atoms with Gasteiger partial charge in [0.25, 0.3) is 0 Å². The van der Waals surface area contributed by atoms with Crippen LogP contribution in [0.2, 0.25) is 0 Å². The van der Waals surface area contributed by atoms with E-state index in [2.05, 4.69) is 62.4 Å². The Morgan fingerprint density at radius 1 is 0.435 bits per heavy atom. The van der Waals surface area contributed by atoms with E-state index in [0.29, 0.717) is 0 Å². The summed E-state index contributed by atoms with van der Waals surface area (Å²) < 4.78 is 0. The Bertz CT molecular complexity index is 1430. The molecule has 0 aliphatic heterocycles. The minimum absolute atomic E-state index is 0.465. The predicted molar refractivity (Wildman–Crippen MR) is 268 cm³/mol. The van der Waals surface area contributed by atoms with Crippen LogP contribution < -0.4 is 0 Å². The second kappa shape index (κ2) is 32.5. The van der Waals surface area contributed by atoms with Gasteiger partial charge in [-0.3, -0.25) is 9.59 Å². The van der Waals surface area contributed by atoms with Crippen molar-refractivity contribution < 1.29 is 19.8 Å². The Morgan fingerprint density at radius 2 is 0.726 bits per heavy atom. The fraction of sp³-hybridized carbons (Fsp3) is 0.690. The number of hydrogen-bond acceptors (Lipinski definition) is 2. The number of unbranched alkanes of at least 4 members (excludes halogenated alkanes) is 24. The molecule has 4 nitrogen and oxygen atoms in total. The van der Waals surface area contributed by atoms with Gasteiger partial charge in [0.2, 0.25) is 0 Å². The van der Waals surface area contributed by atoms with Crippen LogP contribution in [0.4, 0.5) is 0 Å². The number of hydrogen-bond donors (Lipinski definition) is 2. The normalized spacial score (nSPS) is 12.5. The van der Waals surface area contributed by atoms with Crippen molar-refractivity contribution in [2.45, 2.75) is 251 Å². The van der Waals surface area contributed by atoms with Crippen LogP contribution in [0.1, 0.15) is 250 Å². The molecule has 0 aliphatic rings. The average Bonchev–Trinajstić information content (AvgIpc) is 3.25. The number of carbonyl (C=O) groups is 2. The summed E-state index contributed by atoms with van der Waals surface area (Å²) in [6.07, 6.45) is 46.1. The van der Waals surface area contributed by atoms with E-state index in [-0.39, 0.29) is 0 Å². The summed E-state index contributed by atoms with van der Waals surface area (Å²) in [7, 11) is 0. The molecule has 2 aromatic rings. The van der Waals surface area contributed by atoms with Crippen LogP contribution in [0.15, 0.2) is 72.8 Å². The fourth-order valence-electron chi connectivity index (χ4n) is 10.3. The zero-order valence-corrected chi connectivity index (χ0v) is 41.1. The molecule has 0 spiro atoms. The summed E-state index contributed by atoms with van der Waals surface area (Å²) in [6.45, 7) is 12.5. The van der Waals surface area contributed by atoms with E-state index >= 15 is 0 Å². The zero-order chi connectivity index (χ0) is 45.4. The van der Waals surface area contributed by atoms with Gasteiger partial charge in [-0.05, 0) is 99.3 Å². The third kappa shape index (κ3) is 19.3. The van der Waals surface area contributed by atoms with Gasteiger partial charge in [0.15, 0.2) is 0 Å². The van der Waals surface area contributed by atoms with Gasteiger partial charge in [0.1, 0.15) is 0 Å². The van der Waals surface area contributed by atoms with Gasteiger partial charge in [-0.2, -0.15) is 0 Å². The van der Waals surface area contributed by atoms with E-state index in [1.54, 1.807) is 0 Å². The van der Waals surface area contributed by atoms with Gasteiger partial charge in [-0.1, -0.05) is 230 Å². The molecule has 0 atom stereocenters. The molecule has 0 aromatic heterocycles. The average molecular weight is 855 g/mol. The molecule has 62 heavy (non-hydrogen) atoms. The van der Waals surface area contributed by atoms with E-state index in [1.165, 1.54) is 154 Å². The molecule has 0 fully saturated rings. The Kier molecular flexibility index (Phi) is 28.8. The maximum atomic E-state index is 14.0. The highest BCUT2D eigenvalue weighted by Gasteiger charge is 2.63. The number of benzene rings is 2. The number of allylic oxidation sites excluding steroid dienone is 4. The van der Waals surface area contributed by atoms with Crippen molar-refractivity contribution in [1.82, 2.24) is 0 Å². The van der Waals surface area contributed by atoms with Gasteiger partial charge in [-0.15, -0.1) is 0 Å². The topological polar surface area (TPSA) is 74.6 Å². The zero-order valence-electron chi connectivity index (χ0n) is 41.1. The summed E-state index contributed by atoms with van der Waals surface area (Å²) in [5.74, 6) is -2.13. The van der Waals surface area contributed by atoms with Crippen LogP contribution in [0.25, 0.3) is 0 Å².